The quantitative estimate of drug-likeness (QED) is 0.564. The second-order valence-corrected chi connectivity index (χ2v) is 10.00. The molecule has 0 amide bonds. The van der Waals surface area contributed by atoms with E-state index in [4.69, 9.17) is 0 Å². The Morgan fingerprint density at radius 1 is 1.09 bits per heavy atom. The Balaban J connectivity index is 1.58. The summed E-state index contributed by atoms with van der Waals surface area (Å²) in [4.78, 5) is 2.21. The van der Waals surface area contributed by atoms with Gasteiger partial charge in [0.05, 0.1) is 24.2 Å². The maximum absolute atomic E-state index is 10.4. The number of aromatic hydroxyl groups is 1. The molecule has 170 valence electrons. The summed E-state index contributed by atoms with van der Waals surface area (Å²) in [7, 11) is 2.07. The van der Waals surface area contributed by atoms with Crippen LogP contribution in [0.2, 0.25) is 0 Å². The molecule has 0 atom stereocenters. The van der Waals surface area contributed by atoms with Crippen molar-refractivity contribution < 1.29 is 10.2 Å². The van der Waals surface area contributed by atoms with Crippen LogP contribution in [-0.2, 0) is 6.61 Å². The molecular weight excluding hydrogens is 404 g/mol. The van der Waals surface area contributed by atoms with Crippen LogP contribution in [0, 0.1) is 0 Å². The topological polar surface area (TPSA) is 99.3 Å². The van der Waals surface area contributed by atoms with Crippen molar-refractivity contribution in [2.45, 2.75) is 64.3 Å². The second kappa shape index (κ2) is 8.18. The number of hydrogen-bond acceptors (Lipinski definition) is 7. The monoisotopic (exact) mass is 436 g/mol. The molecule has 1 aliphatic heterocycles. The molecule has 2 aromatic heterocycles. The fourth-order valence-electron chi connectivity index (χ4n) is 4.84. The predicted octanol–water partition coefficient (Wildman–Crippen LogP) is 3.27. The molecule has 8 nitrogen and oxygen atoms in total. The highest BCUT2D eigenvalue weighted by molar-refractivity contribution is 5.69. The lowest BCUT2D eigenvalue weighted by atomic mass is 9.79. The third kappa shape index (κ3) is 4.61. The summed E-state index contributed by atoms with van der Waals surface area (Å²) in [6, 6.07) is 9.38. The zero-order chi connectivity index (χ0) is 23.1. The van der Waals surface area contributed by atoms with Crippen molar-refractivity contribution in [2.75, 3.05) is 11.9 Å². The van der Waals surface area contributed by atoms with Gasteiger partial charge in [-0.25, -0.2) is 4.68 Å². The molecule has 0 unspecified atom stereocenters. The van der Waals surface area contributed by atoms with Crippen LogP contribution in [-0.4, -0.2) is 54.4 Å². The number of nitrogens with one attached hydrogen (secondary N) is 1. The number of hydrogen-bond donors (Lipinski definition) is 3. The third-order valence-electron chi connectivity index (χ3n) is 6.07. The molecule has 1 fully saturated rings. The molecule has 8 heteroatoms. The molecule has 3 heterocycles. The molecule has 1 saturated heterocycles. The minimum atomic E-state index is -0.0726. The number of aliphatic hydroxyl groups excluding tert-OH is 1. The number of phenolic OH excluding ortho intramolecular Hbond substituents is 1. The van der Waals surface area contributed by atoms with Crippen molar-refractivity contribution in [3.8, 4) is 22.7 Å². The first-order valence-corrected chi connectivity index (χ1v) is 10.9. The zero-order valence-corrected chi connectivity index (χ0v) is 19.4. The molecule has 3 N–H and O–H groups in total. The zero-order valence-electron chi connectivity index (χ0n) is 19.4. The van der Waals surface area contributed by atoms with Crippen LogP contribution in [0.3, 0.4) is 0 Å². The average molecular weight is 437 g/mol. The molecule has 1 aliphatic rings. The maximum atomic E-state index is 10.4. The number of benzene rings is 1. The van der Waals surface area contributed by atoms with E-state index in [9.17, 15) is 10.2 Å². The molecule has 0 radical (unpaired) electrons. The smallest absolute Gasteiger partial charge is 0.151 e. The maximum Gasteiger partial charge on any atom is 0.151 e. The molecule has 0 bridgehead atoms. The third-order valence-corrected chi connectivity index (χ3v) is 6.07. The number of aromatic nitrogens is 4. The molecule has 4 rings (SSSR count). The van der Waals surface area contributed by atoms with Crippen molar-refractivity contribution in [1.82, 2.24) is 25.3 Å². The number of aliphatic hydroxyl groups is 1. The lowest BCUT2D eigenvalue weighted by molar-refractivity contribution is 0.160. The highest BCUT2D eigenvalue weighted by atomic mass is 16.3. The Bertz CT molecular complexity index is 1070. The van der Waals surface area contributed by atoms with Gasteiger partial charge in [0.25, 0.3) is 0 Å². The number of anilines is 1. The van der Waals surface area contributed by atoms with Gasteiger partial charge in [-0.05, 0) is 70.9 Å². The van der Waals surface area contributed by atoms with Gasteiger partial charge in [-0.1, -0.05) is 0 Å². The summed E-state index contributed by atoms with van der Waals surface area (Å²) in [5.74, 6) is 0.933. The van der Waals surface area contributed by atoms with Gasteiger partial charge < -0.3 is 20.4 Å². The van der Waals surface area contributed by atoms with Gasteiger partial charge in [0.1, 0.15) is 5.75 Å². The van der Waals surface area contributed by atoms with Crippen LogP contribution >= 0.6 is 0 Å². The van der Waals surface area contributed by atoms with Crippen molar-refractivity contribution in [3.63, 3.8) is 0 Å². The van der Waals surface area contributed by atoms with E-state index >= 15 is 0 Å². The first-order valence-electron chi connectivity index (χ1n) is 10.9. The average Bonchev–Trinajstić information content (AvgIpc) is 3.21. The first kappa shape index (κ1) is 22.2. The van der Waals surface area contributed by atoms with E-state index < -0.39 is 0 Å². The fourth-order valence-corrected chi connectivity index (χ4v) is 4.84. The molecule has 0 saturated carbocycles. The van der Waals surface area contributed by atoms with Crippen molar-refractivity contribution in [1.29, 1.82) is 0 Å². The summed E-state index contributed by atoms with van der Waals surface area (Å²) in [6.45, 7) is 8.88. The molecule has 3 aromatic rings. The summed E-state index contributed by atoms with van der Waals surface area (Å²) >= 11 is 0. The van der Waals surface area contributed by atoms with Gasteiger partial charge in [-0.2, -0.15) is 5.10 Å². The van der Waals surface area contributed by atoms with Crippen LogP contribution in [0.25, 0.3) is 16.9 Å². The number of rotatable bonds is 5. The summed E-state index contributed by atoms with van der Waals surface area (Å²) in [6.07, 6.45) is 5.39. The summed E-state index contributed by atoms with van der Waals surface area (Å²) in [5.41, 5.74) is 2.73. The van der Waals surface area contributed by atoms with E-state index in [1.165, 1.54) is 0 Å². The van der Waals surface area contributed by atoms with Gasteiger partial charge >= 0.3 is 0 Å². The van der Waals surface area contributed by atoms with E-state index in [2.05, 4.69) is 60.3 Å². The molecule has 32 heavy (non-hydrogen) atoms. The summed E-state index contributed by atoms with van der Waals surface area (Å²) < 4.78 is 1.66. The van der Waals surface area contributed by atoms with Crippen molar-refractivity contribution in [3.05, 3.63) is 48.3 Å². The van der Waals surface area contributed by atoms with Gasteiger partial charge in [0.15, 0.2) is 5.82 Å². The van der Waals surface area contributed by atoms with Gasteiger partial charge in [0.2, 0.25) is 0 Å². The SMILES string of the molecule is CN(c1ccc(-c2cc(-n3cc(CO)cn3)ccc2O)nn1)C1CC(C)(C)NC(C)(C)C1. The Labute approximate surface area is 188 Å². The summed E-state index contributed by atoms with van der Waals surface area (Å²) in [5, 5.41) is 36.6. The predicted molar refractivity (Wildman–Crippen MR) is 125 cm³/mol. The fraction of sp³-hybridized carbons (Fsp3) is 0.458. The minimum Gasteiger partial charge on any atom is -0.507 e. The Kier molecular flexibility index (Phi) is 5.68. The second-order valence-electron chi connectivity index (χ2n) is 10.00. The Morgan fingerprint density at radius 2 is 1.81 bits per heavy atom. The Morgan fingerprint density at radius 3 is 2.41 bits per heavy atom. The van der Waals surface area contributed by atoms with E-state index in [0.717, 1.165) is 29.9 Å². The van der Waals surface area contributed by atoms with E-state index in [1.807, 2.05) is 18.2 Å². The van der Waals surface area contributed by atoms with Crippen LogP contribution in [0.4, 0.5) is 5.82 Å². The minimum absolute atomic E-state index is 0.0443. The lowest BCUT2D eigenvalue weighted by Crippen LogP contribution is -2.62. The van der Waals surface area contributed by atoms with Crippen LogP contribution in [0.5, 0.6) is 5.75 Å². The van der Waals surface area contributed by atoms with Gasteiger partial charge in [-0.15, -0.1) is 10.2 Å². The largest absolute Gasteiger partial charge is 0.507 e. The molecule has 1 aromatic carbocycles. The van der Waals surface area contributed by atoms with Gasteiger partial charge in [-0.3, -0.25) is 0 Å². The van der Waals surface area contributed by atoms with Crippen molar-refractivity contribution >= 4 is 5.82 Å². The van der Waals surface area contributed by atoms with Crippen LogP contribution < -0.4 is 10.2 Å². The van der Waals surface area contributed by atoms with E-state index in [-0.39, 0.29) is 23.4 Å². The number of phenols is 1. The van der Waals surface area contributed by atoms with E-state index in [1.54, 1.807) is 29.2 Å². The Hall–Kier alpha value is -2.97. The lowest BCUT2D eigenvalue weighted by Gasteiger charge is -2.49. The first-order chi connectivity index (χ1) is 15.1. The molecular formula is C24H32N6O2. The number of nitrogens with zero attached hydrogens (tertiary/aromatic N) is 5. The molecule has 0 spiro atoms. The number of piperidine rings is 1. The van der Waals surface area contributed by atoms with E-state index in [0.29, 0.717) is 17.3 Å². The van der Waals surface area contributed by atoms with Crippen LogP contribution in [0.1, 0.15) is 46.1 Å². The highest BCUT2D eigenvalue weighted by Gasteiger charge is 2.39. The van der Waals surface area contributed by atoms with Crippen LogP contribution in [0.15, 0.2) is 42.7 Å². The van der Waals surface area contributed by atoms with Gasteiger partial charge in [0, 0.05) is 41.5 Å². The molecule has 0 aliphatic carbocycles. The normalized spacial score (nSPS) is 17.9. The highest BCUT2D eigenvalue weighted by Crippen LogP contribution is 2.34. The van der Waals surface area contributed by atoms with Crippen molar-refractivity contribution in [2.24, 2.45) is 0 Å². The standard InChI is InChI=1S/C24H32N6O2/c1-23(2)11-18(12-24(3,4)28-23)29(5)22-9-7-20(26-27-22)19-10-17(6-8-21(19)32)30-14-16(15-31)13-25-30/h6-10,13-14,18,28,31-32H,11-12,15H2,1-5H3.